The van der Waals surface area contributed by atoms with Gasteiger partial charge in [-0.25, -0.2) is 0 Å². The fourth-order valence-corrected chi connectivity index (χ4v) is 2.97. The van der Waals surface area contributed by atoms with Gasteiger partial charge in [-0.05, 0) is 26.0 Å². The number of benzene rings is 1. The summed E-state index contributed by atoms with van der Waals surface area (Å²) in [6.45, 7) is 1.94. The summed E-state index contributed by atoms with van der Waals surface area (Å²) in [7, 11) is 2.00. The summed E-state index contributed by atoms with van der Waals surface area (Å²) in [6, 6.07) is 10.8. The van der Waals surface area contributed by atoms with Gasteiger partial charge in [0.1, 0.15) is 6.07 Å². The van der Waals surface area contributed by atoms with E-state index in [2.05, 4.69) is 27.3 Å². The second-order valence-electron chi connectivity index (χ2n) is 5.22. The summed E-state index contributed by atoms with van der Waals surface area (Å²) in [5.41, 5.74) is 2.66. The van der Waals surface area contributed by atoms with Crippen LogP contribution in [-0.4, -0.2) is 31.2 Å². The second kappa shape index (κ2) is 5.48. The van der Waals surface area contributed by atoms with E-state index in [0.29, 0.717) is 11.6 Å². The van der Waals surface area contributed by atoms with E-state index >= 15 is 0 Å². The van der Waals surface area contributed by atoms with E-state index in [9.17, 15) is 5.26 Å². The highest BCUT2D eigenvalue weighted by molar-refractivity contribution is 5.94. The molecule has 1 fully saturated rings. The molecule has 1 aromatic carbocycles. The Bertz CT molecular complexity index is 659. The van der Waals surface area contributed by atoms with Crippen LogP contribution in [0.2, 0.25) is 0 Å². The zero-order chi connectivity index (χ0) is 13.9. The molecule has 0 amide bonds. The van der Waals surface area contributed by atoms with E-state index in [0.717, 1.165) is 36.1 Å². The Labute approximate surface area is 119 Å². The summed E-state index contributed by atoms with van der Waals surface area (Å²) in [6.07, 6.45) is 4.03. The lowest BCUT2D eigenvalue weighted by Gasteiger charge is -2.35. The summed E-state index contributed by atoms with van der Waals surface area (Å²) in [5.74, 6) is 0. The van der Waals surface area contributed by atoms with Crippen LogP contribution in [0.15, 0.2) is 30.5 Å². The van der Waals surface area contributed by atoms with Gasteiger partial charge in [-0.3, -0.25) is 4.98 Å². The van der Waals surface area contributed by atoms with Crippen molar-refractivity contribution in [3.05, 3.63) is 36.0 Å². The summed E-state index contributed by atoms with van der Waals surface area (Å²) in [4.78, 5) is 6.71. The van der Waals surface area contributed by atoms with Crippen LogP contribution in [-0.2, 0) is 0 Å². The van der Waals surface area contributed by atoms with E-state index in [-0.39, 0.29) is 0 Å². The van der Waals surface area contributed by atoms with Crippen LogP contribution in [0.25, 0.3) is 10.9 Å². The van der Waals surface area contributed by atoms with Gasteiger partial charge in [0.25, 0.3) is 0 Å². The SMILES string of the molecule is CNC1CCCN(c2c(C#N)cnc3ccccc23)C1. The van der Waals surface area contributed by atoms with Gasteiger partial charge in [0.15, 0.2) is 0 Å². The van der Waals surface area contributed by atoms with Crippen molar-refractivity contribution < 1.29 is 0 Å². The van der Waals surface area contributed by atoms with Gasteiger partial charge in [0, 0.05) is 30.7 Å². The molecule has 1 unspecified atom stereocenters. The van der Waals surface area contributed by atoms with Gasteiger partial charge in [-0.15, -0.1) is 0 Å². The minimum atomic E-state index is 0.488. The average molecular weight is 266 g/mol. The third-order valence-electron chi connectivity index (χ3n) is 4.01. The molecule has 1 atom stereocenters. The Hall–Kier alpha value is -2.12. The van der Waals surface area contributed by atoms with Crippen LogP contribution >= 0.6 is 0 Å². The first-order valence-corrected chi connectivity index (χ1v) is 7.03. The average Bonchev–Trinajstić information content (AvgIpc) is 2.53. The number of fused-ring (bicyclic) bond motifs is 1. The molecule has 1 aliphatic rings. The highest BCUT2D eigenvalue weighted by Crippen LogP contribution is 2.31. The van der Waals surface area contributed by atoms with Crippen molar-refractivity contribution in [1.82, 2.24) is 10.3 Å². The molecule has 20 heavy (non-hydrogen) atoms. The second-order valence-corrected chi connectivity index (χ2v) is 5.22. The number of nitriles is 1. The number of rotatable bonds is 2. The molecule has 1 saturated heterocycles. The maximum Gasteiger partial charge on any atom is 0.103 e. The predicted octanol–water partition coefficient (Wildman–Crippen LogP) is 2.29. The summed E-state index contributed by atoms with van der Waals surface area (Å²) in [5, 5.41) is 13.8. The van der Waals surface area contributed by atoms with Crippen LogP contribution in [0.4, 0.5) is 5.69 Å². The zero-order valence-corrected chi connectivity index (χ0v) is 11.6. The highest BCUT2D eigenvalue weighted by Gasteiger charge is 2.22. The monoisotopic (exact) mass is 266 g/mol. The topological polar surface area (TPSA) is 52.0 Å². The normalized spacial score (nSPS) is 19.0. The number of para-hydroxylation sites is 1. The van der Waals surface area contributed by atoms with Gasteiger partial charge >= 0.3 is 0 Å². The van der Waals surface area contributed by atoms with Gasteiger partial charge in [-0.2, -0.15) is 5.26 Å². The number of hydrogen-bond donors (Lipinski definition) is 1. The molecule has 1 N–H and O–H groups in total. The zero-order valence-electron chi connectivity index (χ0n) is 11.6. The van der Waals surface area contributed by atoms with Crippen molar-refractivity contribution in [3.63, 3.8) is 0 Å². The molecule has 4 heteroatoms. The number of nitrogens with zero attached hydrogens (tertiary/aromatic N) is 3. The summed E-state index contributed by atoms with van der Waals surface area (Å²) >= 11 is 0. The van der Waals surface area contributed by atoms with Gasteiger partial charge < -0.3 is 10.2 Å². The van der Waals surface area contributed by atoms with E-state index in [1.54, 1.807) is 6.20 Å². The largest absolute Gasteiger partial charge is 0.368 e. The molecular formula is C16H18N4. The molecule has 102 valence electrons. The molecule has 3 rings (SSSR count). The van der Waals surface area contributed by atoms with Crippen molar-refractivity contribution in [1.29, 1.82) is 5.26 Å². The molecule has 0 aliphatic carbocycles. The maximum atomic E-state index is 9.40. The highest BCUT2D eigenvalue weighted by atomic mass is 15.2. The molecule has 2 heterocycles. The third-order valence-corrected chi connectivity index (χ3v) is 4.01. The van der Waals surface area contributed by atoms with E-state index in [1.165, 1.54) is 6.42 Å². The maximum absolute atomic E-state index is 9.40. The number of hydrogen-bond acceptors (Lipinski definition) is 4. The van der Waals surface area contributed by atoms with Crippen LogP contribution in [0, 0.1) is 11.3 Å². The minimum absolute atomic E-state index is 0.488. The van der Waals surface area contributed by atoms with Crippen molar-refractivity contribution in [2.45, 2.75) is 18.9 Å². The van der Waals surface area contributed by atoms with Crippen LogP contribution in [0.1, 0.15) is 18.4 Å². The Morgan fingerprint density at radius 1 is 1.40 bits per heavy atom. The van der Waals surface area contributed by atoms with Crippen molar-refractivity contribution in [2.75, 3.05) is 25.0 Å². The predicted molar refractivity (Wildman–Crippen MR) is 80.8 cm³/mol. The summed E-state index contributed by atoms with van der Waals surface area (Å²) < 4.78 is 0. The van der Waals surface area contributed by atoms with E-state index in [1.807, 2.05) is 25.2 Å². The first-order chi connectivity index (χ1) is 9.83. The van der Waals surface area contributed by atoms with Gasteiger partial charge in [0.05, 0.1) is 16.8 Å². The fraction of sp³-hybridized carbons (Fsp3) is 0.375. The Kier molecular flexibility index (Phi) is 3.53. The molecule has 1 aliphatic heterocycles. The molecule has 0 radical (unpaired) electrons. The van der Waals surface area contributed by atoms with Crippen molar-refractivity contribution in [2.24, 2.45) is 0 Å². The molecule has 0 bridgehead atoms. The van der Waals surface area contributed by atoms with Crippen LogP contribution < -0.4 is 10.2 Å². The Balaban J connectivity index is 2.11. The molecule has 1 aromatic heterocycles. The first kappa shape index (κ1) is 12.9. The van der Waals surface area contributed by atoms with Crippen LogP contribution in [0.5, 0.6) is 0 Å². The minimum Gasteiger partial charge on any atom is -0.368 e. The van der Waals surface area contributed by atoms with Gasteiger partial charge in [0.2, 0.25) is 0 Å². The lowest BCUT2D eigenvalue weighted by atomic mass is 10.0. The van der Waals surface area contributed by atoms with Crippen molar-refractivity contribution >= 4 is 16.6 Å². The van der Waals surface area contributed by atoms with E-state index < -0.39 is 0 Å². The fourth-order valence-electron chi connectivity index (χ4n) is 2.97. The molecule has 0 spiro atoms. The smallest absolute Gasteiger partial charge is 0.103 e. The first-order valence-electron chi connectivity index (χ1n) is 7.03. The number of piperidine rings is 1. The Morgan fingerprint density at radius 2 is 2.25 bits per heavy atom. The molecule has 2 aromatic rings. The number of aromatic nitrogens is 1. The third kappa shape index (κ3) is 2.21. The molecular weight excluding hydrogens is 248 g/mol. The number of likely N-dealkylation sites (N-methyl/N-ethyl adjacent to an activating group) is 1. The number of pyridine rings is 1. The number of nitrogens with one attached hydrogen (secondary N) is 1. The number of anilines is 1. The molecule has 4 nitrogen and oxygen atoms in total. The van der Waals surface area contributed by atoms with Crippen molar-refractivity contribution in [3.8, 4) is 6.07 Å². The van der Waals surface area contributed by atoms with Gasteiger partial charge in [-0.1, -0.05) is 18.2 Å². The Morgan fingerprint density at radius 3 is 3.05 bits per heavy atom. The van der Waals surface area contributed by atoms with E-state index in [4.69, 9.17) is 0 Å². The standard InChI is InChI=1S/C16H18N4/c1-18-13-5-4-8-20(11-13)16-12(9-17)10-19-15-7-3-2-6-14(15)16/h2-3,6-7,10,13,18H,4-5,8,11H2,1H3. The quantitative estimate of drug-likeness (QED) is 0.906. The lowest BCUT2D eigenvalue weighted by Crippen LogP contribution is -2.44. The molecule has 0 saturated carbocycles. The lowest BCUT2D eigenvalue weighted by molar-refractivity contribution is 0.450. The van der Waals surface area contributed by atoms with Crippen LogP contribution in [0.3, 0.4) is 0 Å².